The van der Waals surface area contributed by atoms with Crippen LogP contribution in [0.25, 0.3) is 0 Å². The Hall–Kier alpha value is -1.95. The number of carbonyl (C=O) groups excluding carboxylic acids is 1. The number of methoxy groups -OCH3 is 1. The van der Waals surface area contributed by atoms with Gasteiger partial charge < -0.3 is 19.7 Å². The summed E-state index contributed by atoms with van der Waals surface area (Å²) in [5.41, 5.74) is 0. The fourth-order valence-corrected chi connectivity index (χ4v) is 3.44. The average molecular weight is 333 g/mol. The zero-order chi connectivity index (χ0) is 16.8. The van der Waals surface area contributed by atoms with E-state index < -0.39 is 0 Å². The molecule has 2 aliphatic heterocycles. The molecule has 0 spiro atoms. The first kappa shape index (κ1) is 16.9. The number of ether oxygens (including phenoxy) is 2. The van der Waals surface area contributed by atoms with Gasteiger partial charge in [0.1, 0.15) is 18.1 Å². The summed E-state index contributed by atoms with van der Waals surface area (Å²) < 4.78 is 10.7. The molecule has 3 rings (SSSR count). The van der Waals surface area contributed by atoms with Gasteiger partial charge in [0.25, 0.3) is 0 Å². The molecule has 0 radical (unpaired) electrons. The van der Waals surface area contributed by atoms with Crippen LogP contribution in [0.2, 0.25) is 0 Å². The number of likely N-dealkylation sites (tertiary alicyclic amines) is 2. The van der Waals surface area contributed by atoms with Crippen LogP contribution < -0.4 is 14.8 Å². The molecular formula is C18H27N3O3. The summed E-state index contributed by atoms with van der Waals surface area (Å²) in [4.78, 5) is 16.7. The Kier molecular flexibility index (Phi) is 5.80. The molecule has 1 aromatic rings. The van der Waals surface area contributed by atoms with E-state index in [4.69, 9.17) is 9.47 Å². The minimum Gasteiger partial charge on any atom is -0.497 e. The van der Waals surface area contributed by atoms with Gasteiger partial charge in [-0.2, -0.15) is 0 Å². The number of nitrogens with one attached hydrogen (secondary N) is 1. The van der Waals surface area contributed by atoms with Gasteiger partial charge in [-0.05, 0) is 56.6 Å². The van der Waals surface area contributed by atoms with E-state index in [1.807, 2.05) is 29.2 Å². The first-order valence-corrected chi connectivity index (χ1v) is 8.80. The Morgan fingerprint density at radius 2 is 1.88 bits per heavy atom. The molecule has 2 fully saturated rings. The lowest BCUT2D eigenvalue weighted by Gasteiger charge is -2.23. The highest BCUT2D eigenvalue weighted by atomic mass is 16.5. The smallest absolute Gasteiger partial charge is 0.317 e. The van der Waals surface area contributed by atoms with Crippen molar-refractivity contribution in [2.45, 2.75) is 25.3 Å². The van der Waals surface area contributed by atoms with Gasteiger partial charge in [0.15, 0.2) is 0 Å². The topological polar surface area (TPSA) is 54.0 Å². The average Bonchev–Trinajstić information content (AvgIpc) is 3.30. The van der Waals surface area contributed by atoms with Crippen LogP contribution in [-0.2, 0) is 0 Å². The van der Waals surface area contributed by atoms with Crippen LogP contribution in [0.5, 0.6) is 11.5 Å². The van der Waals surface area contributed by atoms with E-state index in [2.05, 4.69) is 10.2 Å². The van der Waals surface area contributed by atoms with Gasteiger partial charge in [-0.1, -0.05) is 0 Å². The van der Waals surface area contributed by atoms with Crippen molar-refractivity contribution in [3.8, 4) is 11.5 Å². The van der Waals surface area contributed by atoms with E-state index in [0.29, 0.717) is 19.2 Å². The predicted molar refractivity (Wildman–Crippen MR) is 92.7 cm³/mol. The van der Waals surface area contributed by atoms with Crippen LogP contribution in [0, 0.1) is 0 Å². The molecule has 2 amide bonds. The van der Waals surface area contributed by atoms with Gasteiger partial charge in [-0.25, -0.2) is 4.79 Å². The molecule has 0 saturated carbocycles. The SMILES string of the molecule is COc1ccc(OCCNC(=O)N2CCC(N3CCCC3)C2)cc1. The zero-order valence-corrected chi connectivity index (χ0v) is 14.4. The van der Waals surface area contributed by atoms with Crippen molar-refractivity contribution in [1.82, 2.24) is 15.1 Å². The predicted octanol–water partition coefficient (Wildman–Crippen LogP) is 1.95. The van der Waals surface area contributed by atoms with E-state index in [-0.39, 0.29) is 6.03 Å². The number of carbonyl (C=O) groups is 1. The van der Waals surface area contributed by atoms with Crippen LogP contribution in [0.15, 0.2) is 24.3 Å². The van der Waals surface area contributed by atoms with E-state index in [9.17, 15) is 4.79 Å². The number of hydrogen-bond donors (Lipinski definition) is 1. The summed E-state index contributed by atoms with van der Waals surface area (Å²) >= 11 is 0. The molecule has 2 heterocycles. The van der Waals surface area contributed by atoms with Crippen molar-refractivity contribution in [2.75, 3.05) is 46.4 Å². The summed E-state index contributed by atoms with van der Waals surface area (Å²) in [6.07, 6.45) is 3.69. The van der Waals surface area contributed by atoms with E-state index in [0.717, 1.165) is 31.0 Å². The summed E-state index contributed by atoms with van der Waals surface area (Å²) in [5, 5.41) is 2.95. The highest BCUT2D eigenvalue weighted by Crippen LogP contribution is 2.20. The summed E-state index contributed by atoms with van der Waals surface area (Å²) in [7, 11) is 1.64. The third kappa shape index (κ3) is 4.32. The minimum atomic E-state index is 0.0232. The molecule has 1 unspecified atom stereocenters. The first-order chi connectivity index (χ1) is 11.8. The Morgan fingerprint density at radius 1 is 1.17 bits per heavy atom. The fraction of sp³-hybridized carbons (Fsp3) is 0.611. The van der Waals surface area contributed by atoms with Gasteiger partial charge in [-0.3, -0.25) is 4.90 Å². The number of nitrogens with zero attached hydrogens (tertiary/aromatic N) is 2. The normalized spacial score (nSPS) is 21.0. The van der Waals surface area contributed by atoms with Crippen LogP contribution in [0.4, 0.5) is 4.79 Å². The van der Waals surface area contributed by atoms with Crippen LogP contribution in [0.1, 0.15) is 19.3 Å². The van der Waals surface area contributed by atoms with Gasteiger partial charge in [-0.15, -0.1) is 0 Å². The fourth-order valence-electron chi connectivity index (χ4n) is 3.44. The maximum absolute atomic E-state index is 12.2. The quantitative estimate of drug-likeness (QED) is 0.809. The van der Waals surface area contributed by atoms with Crippen molar-refractivity contribution < 1.29 is 14.3 Å². The molecule has 1 atom stereocenters. The number of urea groups is 1. The van der Waals surface area contributed by atoms with Crippen molar-refractivity contribution in [2.24, 2.45) is 0 Å². The molecule has 6 nitrogen and oxygen atoms in total. The largest absolute Gasteiger partial charge is 0.497 e. The van der Waals surface area contributed by atoms with E-state index >= 15 is 0 Å². The Morgan fingerprint density at radius 3 is 2.58 bits per heavy atom. The second-order valence-corrected chi connectivity index (χ2v) is 6.39. The minimum absolute atomic E-state index is 0.0232. The van der Waals surface area contributed by atoms with Gasteiger partial charge >= 0.3 is 6.03 Å². The Bertz CT molecular complexity index is 529. The van der Waals surface area contributed by atoms with Gasteiger partial charge in [0, 0.05) is 19.1 Å². The number of rotatable bonds is 6. The van der Waals surface area contributed by atoms with Crippen LogP contribution >= 0.6 is 0 Å². The molecule has 0 bridgehead atoms. The molecule has 24 heavy (non-hydrogen) atoms. The summed E-state index contributed by atoms with van der Waals surface area (Å²) in [6.45, 7) is 5.06. The third-order valence-corrected chi connectivity index (χ3v) is 4.81. The molecule has 1 N–H and O–H groups in total. The molecule has 6 heteroatoms. The third-order valence-electron chi connectivity index (χ3n) is 4.81. The lowest BCUT2D eigenvalue weighted by molar-refractivity contribution is 0.196. The maximum atomic E-state index is 12.2. The maximum Gasteiger partial charge on any atom is 0.317 e. The van der Waals surface area contributed by atoms with Crippen LogP contribution in [0.3, 0.4) is 0 Å². The van der Waals surface area contributed by atoms with Crippen molar-refractivity contribution >= 4 is 6.03 Å². The highest BCUT2D eigenvalue weighted by molar-refractivity contribution is 5.74. The molecule has 2 saturated heterocycles. The summed E-state index contributed by atoms with van der Waals surface area (Å²) in [6, 6.07) is 8.01. The molecule has 1 aromatic carbocycles. The van der Waals surface area contributed by atoms with E-state index in [1.165, 1.54) is 25.9 Å². The molecule has 132 valence electrons. The molecular weight excluding hydrogens is 306 g/mol. The number of amides is 2. The van der Waals surface area contributed by atoms with Crippen LogP contribution in [-0.4, -0.2) is 68.3 Å². The Labute approximate surface area is 143 Å². The van der Waals surface area contributed by atoms with E-state index in [1.54, 1.807) is 7.11 Å². The summed E-state index contributed by atoms with van der Waals surface area (Å²) in [5.74, 6) is 1.58. The lowest BCUT2D eigenvalue weighted by Crippen LogP contribution is -2.42. The molecule has 2 aliphatic rings. The monoisotopic (exact) mass is 333 g/mol. The number of hydrogen-bond acceptors (Lipinski definition) is 4. The molecule has 0 aliphatic carbocycles. The van der Waals surface area contributed by atoms with Crippen molar-refractivity contribution in [3.05, 3.63) is 24.3 Å². The second kappa shape index (κ2) is 8.24. The van der Waals surface area contributed by atoms with Gasteiger partial charge in [0.2, 0.25) is 0 Å². The second-order valence-electron chi connectivity index (χ2n) is 6.39. The lowest BCUT2D eigenvalue weighted by atomic mass is 10.2. The van der Waals surface area contributed by atoms with Crippen molar-refractivity contribution in [3.63, 3.8) is 0 Å². The zero-order valence-electron chi connectivity index (χ0n) is 14.4. The number of benzene rings is 1. The van der Waals surface area contributed by atoms with Crippen molar-refractivity contribution in [1.29, 1.82) is 0 Å². The standard InChI is InChI=1S/C18H27N3O3/c1-23-16-4-6-17(7-5-16)24-13-9-19-18(22)21-12-8-15(14-21)20-10-2-3-11-20/h4-7,15H,2-3,8-14H2,1H3,(H,19,22). The first-order valence-electron chi connectivity index (χ1n) is 8.80. The highest BCUT2D eigenvalue weighted by Gasteiger charge is 2.31. The van der Waals surface area contributed by atoms with Gasteiger partial charge in [0.05, 0.1) is 13.7 Å². The molecule has 0 aromatic heterocycles. The Balaban J connectivity index is 1.33.